The van der Waals surface area contributed by atoms with Crippen molar-refractivity contribution in [1.29, 1.82) is 0 Å². The predicted octanol–water partition coefficient (Wildman–Crippen LogP) is 2.40. The van der Waals surface area contributed by atoms with E-state index in [2.05, 4.69) is 55.6 Å². The Morgan fingerprint density at radius 1 is 1.31 bits per heavy atom. The molecule has 0 radical (unpaired) electrons. The minimum atomic E-state index is 0.568. The average Bonchev–Trinajstić information content (AvgIpc) is 2.52. The lowest BCUT2D eigenvalue weighted by Crippen LogP contribution is -2.34. The maximum absolute atomic E-state index is 2.29. The Balaban J connectivity index is 2.58. The van der Waals surface area contributed by atoms with Crippen molar-refractivity contribution in [3.63, 3.8) is 0 Å². The van der Waals surface area contributed by atoms with E-state index in [4.69, 9.17) is 0 Å². The molecule has 0 bridgehead atoms. The van der Waals surface area contributed by atoms with Crippen molar-refractivity contribution in [2.75, 3.05) is 0 Å². The lowest BCUT2D eigenvalue weighted by Gasteiger charge is -2.03. The van der Waals surface area contributed by atoms with Gasteiger partial charge in [0.05, 0.1) is 12.6 Å². The summed E-state index contributed by atoms with van der Waals surface area (Å²) in [6.07, 6.45) is 7.75. The van der Waals surface area contributed by atoms with Crippen molar-refractivity contribution in [1.82, 2.24) is 4.57 Å². The molecule has 1 aromatic heterocycles. The molecular formula is C11H21N2+. The highest BCUT2D eigenvalue weighted by molar-refractivity contribution is 4.69. The first-order chi connectivity index (χ1) is 6.13. The molecule has 1 unspecified atom stereocenters. The van der Waals surface area contributed by atoms with Crippen LogP contribution in [0, 0.1) is 5.92 Å². The van der Waals surface area contributed by atoms with Gasteiger partial charge in [0.1, 0.15) is 12.4 Å². The van der Waals surface area contributed by atoms with Crippen LogP contribution in [0.1, 0.15) is 40.2 Å². The minimum absolute atomic E-state index is 0.568. The summed E-state index contributed by atoms with van der Waals surface area (Å²) in [7, 11) is 0. The summed E-state index contributed by atoms with van der Waals surface area (Å²) >= 11 is 0. The molecule has 13 heavy (non-hydrogen) atoms. The maximum Gasteiger partial charge on any atom is 0.243 e. The molecule has 1 aromatic rings. The number of hydrogen-bond acceptors (Lipinski definition) is 0. The second-order valence-corrected chi connectivity index (χ2v) is 4.16. The van der Waals surface area contributed by atoms with E-state index in [1.165, 1.54) is 6.42 Å². The van der Waals surface area contributed by atoms with E-state index >= 15 is 0 Å². The Bertz CT molecular complexity index is 250. The maximum atomic E-state index is 2.29. The molecule has 0 spiro atoms. The molecule has 0 fully saturated rings. The van der Waals surface area contributed by atoms with Gasteiger partial charge in [-0.05, 0) is 26.2 Å². The Morgan fingerprint density at radius 2 is 2.00 bits per heavy atom. The third-order valence-corrected chi connectivity index (χ3v) is 2.53. The summed E-state index contributed by atoms with van der Waals surface area (Å²) in [4.78, 5) is 0. The Morgan fingerprint density at radius 3 is 2.46 bits per heavy atom. The fourth-order valence-corrected chi connectivity index (χ4v) is 1.31. The fourth-order valence-electron chi connectivity index (χ4n) is 1.31. The van der Waals surface area contributed by atoms with E-state index in [0.717, 1.165) is 12.5 Å². The van der Waals surface area contributed by atoms with Crippen LogP contribution in [-0.4, -0.2) is 4.57 Å². The molecule has 0 aliphatic rings. The zero-order chi connectivity index (χ0) is 9.84. The lowest BCUT2D eigenvalue weighted by molar-refractivity contribution is -0.702. The molecule has 0 saturated heterocycles. The van der Waals surface area contributed by atoms with Crippen molar-refractivity contribution in [2.45, 2.75) is 46.7 Å². The molecule has 2 nitrogen and oxygen atoms in total. The van der Waals surface area contributed by atoms with Crippen molar-refractivity contribution >= 4 is 0 Å². The van der Waals surface area contributed by atoms with Gasteiger partial charge >= 0.3 is 0 Å². The fraction of sp³-hybridized carbons (Fsp3) is 0.727. The molecule has 0 aliphatic heterocycles. The van der Waals surface area contributed by atoms with Crippen LogP contribution in [-0.2, 0) is 6.54 Å². The molecule has 0 amide bonds. The van der Waals surface area contributed by atoms with Gasteiger partial charge in [0.2, 0.25) is 6.33 Å². The van der Waals surface area contributed by atoms with E-state index < -0.39 is 0 Å². The molecule has 0 aromatic carbocycles. The topological polar surface area (TPSA) is 8.81 Å². The first-order valence-corrected chi connectivity index (χ1v) is 5.20. The third-order valence-electron chi connectivity index (χ3n) is 2.53. The van der Waals surface area contributed by atoms with Gasteiger partial charge in [-0.2, -0.15) is 0 Å². The first-order valence-electron chi connectivity index (χ1n) is 5.20. The number of imidazole rings is 1. The summed E-state index contributed by atoms with van der Waals surface area (Å²) in [5.74, 6) is 0.771. The number of rotatable bonds is 4. The van der Waals surface area contributed by atoms with Crippen LogP contribution in [0.5, 0.6) is 0 Å². The Labute approximate surface area is 81.2 Å². The molecule has 1 atom stereocenters. The van der Waals surface area contributed by atoms with Gasteiger partial charge in [-0.1, -0.05) is 13.8 Å². The Kier molecular flexibility index (Phi) is 3.52. The van der Waals surface area contributed by atoms with E-state index in [1.54, 1.807) is 0 Å². The van der Waals surface area contributed by atoms with Gasteiger partial charge in [0.15, 0.2) is 0 Å². The van der Waals surface area contributed by atoms with Crippen LogP contribution < -0.4 is 4.57 Å². The van der Waals surface area contributed by atoms with Crippen molar-refractivity contribution in [3.8, 4) is 0 Å². The molecule has 0 saturated carbocycles. The van der Waals surface area contributed by atoms with Crippen LogP contribution in [0.15, 0.2) is 18.7 Å². The van der Waals surface area contributed by atoms with Crippen LogP contribution in [0.2, 0.25) is 0 Å². The molecule has 0 N–H and O–H groups in total. The average molecular weight is 181 g/mol. The summed E-state index contributed by atoms with van der Waals surface area (Å²) in [5, 5.41) is 0. The number of aromatic nitrogens is 2. The van der Waals surface area contributed by atoms with E-state index in [9.17, 15) is 0 Å². The first kappa shape index (κ1) is 10.3. The second-order valence-electron chi connectivity index (χ2n) is 4.16. The largest absolute Gasteiger partial charge is 0.243 e. The molecular weight excluding hydrogens is 160 g/mol. The van der Waals surface area contributed by atoms with Crippen LogP contribution in [0.3, 0.4) is 0 Å². The van der Waals surface area contributed by atoms with Gasteiger partial charge in [0, 0.05) is 0 Å². The number of nitrogens with zero attached hydrogens (tertiary/aromatic N) is 2. The molecule has 0 aliphatic carbocycles. The molecule has 1 rings (SSSR count). The predicted molar refractivity (Wildman–Crippen MR) is 54.5 cm³/mol. The summed E-state index contributed by atoms with van der Waals surface area (Å²) in [6.45, 7) is 10.1. The summed E-state index contributed by atoms with van der Waals surface area (Å²) in [5.41, 5.74) is 0. The van der Waals surface area contributed by atoms with E-state index in [0.29, 0.717) is 6.04 Å². The summed E-state index contributed by atoms with van der Waals surface area (Å²) < 4.78 is 4.51. The molecule has 74 valence electrons. The zero-order valence-corrected chi connectivity index (χ0v) is 9.20. The van der Waals surface area contributed by atoms with Gasteiger partial charge in [0.25, 0.3) is 0 Å². The third kappa shape index (κ3) is 2.87. The summed E-state index contributed by atoms with van der Waals surface area (Å²) in [6, 6.07) is 0.568. The van der Waals surface area contributed by atoms with Gasteiger partial charge in [-0.3, -0.25) is 0 Å². The smallest absolute Gasteiger partial charge is 0.237 e. The SMILES string of the molecule is CCC(C)C[n+]1ccn(C(C)C)c1. The Hall–Kier alpha value is -0.790. The standard InChI is InChI=1S/C11H21N2/c1-5-11(4)8-12-6-7-13(9-12)10(2)3/h6-7,9-11H,5,8H2,1-4H3/q+1. The minimum Gasteiger partial charge on any atom is -0.237 e. The van der Waals surface area contributed by atoms with Gasteiger partial charge in [-0.25, -0.2) is 9.13 Å². The number of hydrogen-bond donors (Lipinski definition) is 0. The van der Waals surface area contributed by atoms with Crippen molar-refractivity contribution < 1.29 is 4.57 Å². The van der Waals surface area contributed by atoms with Crippen molar-refractivity contribution in [2.24, 2.45) is 5.92 Å². The van der Waals surface area contributed by atoms with Crippen molar-refractivity contribution in [3.05, 3.63) is 18.7 Å². The molecule has 1 heterocycles. The highest BCUT2D eigenvalue weighted by Gasteiger charge is 2.08. The molecule has 2 heteroatoms. The normalized spacial score (nSPS) is 13.6. The van der Waals surface area contributed by atoms with E-state index in [-0.39, 0.29) is 0 Å². The van der Waals surface area contributed by atoms with Gasteiger partial charge < -0.3 is 0 Å². The van der Waals surface area contributed by atoms with Crippen LogP contribution >= 0.6 is 0 Å². The zero-order valence-electron chi connectivity index (χ0n) is 9.20. The second kappa shape index (κ2) is 4.45. The highest BCUT2D eigenvalue weighted by atomic mass is 15.1. The quantitative estimate of drug-likeness (QED) is 0.631. The monoisotopic (exact) mass is 181 g/mol. The van der Waals surface area contributed by atoms with E-state index in [1.807, 2.05) is 0 Å². The lowest BCUT2D eigenvalue weighted by atomic mass is 10.1. The van der Waals surface area contributed by atoms with Crippen LogP contribution in [0.4, 0.5) is 0 Å². The van der Waals surface area contributed by atoms with Crippen LogP contribution in [0.25, 0.3) is 0 Å². The highest BCUT2D eigenvalue weighted by Crippen LogP contribution is 2.03. The van der Waals surface area contributed by atoms with Gasteiger partial charge in [-0.15, -0.1) is 0 Å².